The number of methoxy groups -OCH3 is 1. The number of benzene rings is 2. The summed E-state index contributed by atoms with van der Waals surface area (Å²) in [5, 5.41) is 7.56. The third-order valence-electron chi connectivity index (χ3n) is 4.38. The quantitative estimate of drug-likeness (QED) is 0.569. The number of hydrogen-bond acceptors (Lipinski definition) is 6. The van der Waals surface area contributed by atoms with E-state index in [-0.39, 0.29) is 6.54 Å². The molecule has 0 saturated carbocycles. The summed E-state index contributed by atoms with van der Waals surface area (Å²) in [6.45, 7) is -0.0288. The summed E-state index contributed by atoms with van der Waals surface area (Å²) in [4.78, 5) is 20.0. The van der Waals surface area contributed by atoms with Crippen molar-refractivity contribution >= 4 is 33.6 Å². The van der Waals surface area contributed by atoms with Gasteiger partial charge in [-0.05, 0) is 16.3 Å². The summed E-state index contributed by atoms with van der Waals surface area (Å²) >= 11 is 0. The minimum atomic E-state index is -0.400. The van der Waals surface area contributed by atoms with E-state index in [1.54, 1.807) is 0 Å². The Hall–Kier alpha value is -3.48. The first kappa shape index (κ1) is 16.0. The topological polar surface area (TPSA) is 95.9 Å². The zero-order chi connectivity index (χ0) is 18.1. The summed E-state index contributed by atoms with van der Waals surface area (Å²) in [5.74, 6) is -0.0513. The van der Waals surface area contributed by atoms with Gasteiger partial charge in [-0.15, -0.1) is 0 Å². The number of nitrogens with two attached hydrogens (primary N) is 1. The van der Waals surface area contributed by atoms with Gasteiger partial charge in [-0.2, -0.15) is 5.10 Å². The molecule has 2 aromatic carbocycles. The van der Waals surface area contributed by atoms with E-state index in [0.29, 0.717) is 23.3 Å². The maximum atomic E-state index is 11.7. The van der Waals surface area contributed by atoms with E-state index < -0.39 is 5.97 Å². The van der Waals surface area contributed by atoms with Crippen molar-refractivity contribution in [1.82, 2.24) is 19.7 Å². The Balaban J connectivity index is 1.84. The van der Waals surface area contributed by atoms with Gasteiger partial charge >= 0.3 is 5.97 Å². The molecule has 0 atom stereocenters. The molecule has 26 heavy (non-hydrogen) atoms. The summed E-state index contributed by atoms with van der Waals surface area (Å²) in [6.07, 6.45) is 1.93. The van der Waals surface area contributed by atoms with E-state index in [0.717, 1.165) is 22.0 Å². The van der Waals surface area contributed by atoms with Crippen molar-refractivity contribution in [1.29, 1.82) is 0 Å². The fourth-order valence-corrected chi connectivity index (χ4v) is 3.15. The standard InChI is InChI=1S/C19H17N5O2/c1-26-16(25)10-24-19-17(18(20)21-11-22-19)15(23-24)9-13-7-4-6-12-5-2-3-8-14(12)13/h2-8,11H,9-10H2,1H3,(H2,20,21,22). The van der Waals surface area contributed by atoms with E-state index in [4.69, 9.17) is 10.5 Å². The van der Waals surface area contributed by atoms with Crippen LogP contribution < -0.4 is 5.73 Å². The molecular weight excluding hydrogens is 330 g/mol. The Morgan fingerprint density at radius 3 is 2.81 bits per heavy atom. The Morgan fingerprint density at radius 2 is 1.96 bits per heavy atom. The second-order valence-corrected chi connectivity index (χ2v) is 5.95. The SMILES string of the molecule is COC(=O)Cn1nc(Cc2cccc3ccccc23)c2c(N)ncnc21. The highest BCUT2D eigenvalue weighted by Crippen LogP contribution is 2.26. The van der Waals surface area contributed by atoms with Crippen LogP contribution in [-0.4, -0.2) is 32.8 Å². The molecule has 2 N–H and O–H groups in total. The summed E-state index contributed by atoms with van der Waals surface area (Å²) in [7, 11) is 1.34. The van der Waals surface area contributed by atoms with Crippen LogP contribution in [0.15, 0.2) is 48.8 Å². The van der Waals surface area contributed by atoms with Crippen molar-refractivity contribution in [3.05, 3.63) is 60.0 Å². The molecule has 4 aromatic rings. The van der Waals surface area contributed by atoms with Gasteiger partial charge in [0.2, 0.25) is 0 Å². The highest BCUT2D eigenvalue weighted by atomic mass is 16.5. The van der Waals surface area contributed by atoms with E-state index in [1.807, 2.05) is 18.2 Å². The van der Waals surface area contributed by atoms with E-state index in [1.165, 1.54) is 18.1 Å². The predicted octanol–water partition coefficient (Wildman–Crippen LogP) is 2.33. The molecule has 0 unspecified atom stereocenters. The van der Waals surface area contributed by atoms with Crippen LogP contribution in [0.25, 0.3) is 21.8 Å². The molecule has 0 aliphatic carbocycles. The zero-order valence-electron chi connectivity index (χ0n) is 14.2. The predicted molar refractivity (Wildman–Crippen MR) is 98.5 cm³/mol. The molecule has 0 saturated heterocycles. The molecule has 0 amide bonds. The Morgan fingerprint density at radius 1 is 1.15 bits per heavy atom. The number of ether oxygens (including phenoxy) is 1. The number of anilines is 1. The maximum Gasteiger partial charge on any atom is 0.327 e. The molecule has 0 spiro atoms. The largest absolute Gasteiger partial charge is 0.468 e. The van der Waals surface area contributed by atoms with Gasteiger partial charge in [0.05, 0.1) is 18.2 Å². The minimum absolute atomic E-state index is 0.0288. The van der Waals surface area contributed by atoms with Gasteiger partial charge in [-0.3, -0.25) is 4.79 Å². The second-order valence-electron chi connectivity index (χ2n) is 5.95. The number of carbonyl (C=O) groups excluding carboxylic acids is 1. The molecular formula is C19H17N5O2. The lowest BCUT2D eigenvalue weighted by Crippen LogP contribution is -2.13. The van der Waals surface area contributed by atoms with Crippen molar-refractivity contribution in [3.63, 3.8) is 0 Å². The van der Waals surface area contributed by atoms with Gasteiger partial charge in [0.1, 0.15) is 18.7 Å². The molecule has 7 nitrogen and oxygen atoms in total. The molecule has 0 fully saturated rings. The van der Waals surface area contributed by atoms with E-state index in [2.05, 4.69) is 39.3 Å². The summed E-state index contributed by atoms with van der Waals surface area (Å²) in [6, 6.07) is 14.3. The molecule has 0 radical (unpaired) electrons. The third kappa shape index (κ3) is 2.73. The molecule has 7 heteroatoms. The Kier molecular flexibility index (Phi) is 3.96. The van der Waals surface area contributed by atoms with Gasteiger partial charge < -0.3 is 10.5 Å². The van der Waals surface area contributed by atoms with Gasteiger partial charge in [0.15, 0.2) is 5.65 Å². The van der Waals surface area contributed by atoms with Crippen LogP contribution in [0.3, 0.4) is 0 Å². The summed E-state index contributed by atoms with van der Waals surface area (Å²) in [5.41, 5.74) is 8.46. The fraction of sp³-hybridized carbons (Fsp3) is 0.158. The molecule has 0 aliphatic heterocycles. The molecule has 0 aliphatic rings. The van der Waals surface area contributed by atoms with Crippen LogP contribution >= 0.6 is 0 Å². The van der Waals surface area contributed by atoms with Gasteiger partial charge in [0, 0.05) is 6.42 Å². The second kappa shape index (κ2) is 6.44. The van der Waals surface area contributed by atoms with Crippen LogP contribution in [0.4, 0.5) is 5.82 Å². The average molecular weight is 347 g/mol. The maximum absolute atomic E-state index is 11.7. The number of fused-ring (bicyclic) bond motifs is 2. The van der Waals surface area contributed by atoms with Crippen LogP contribution in [0.2, 0.25) is 0 Å². The molecule has 0 bridgehead atoms. The number of nitrogen functional groups attached to an aromatic ring is 1. The smallest absolute Gasteiger partial charge is 0.327 e. The number of carbonyl (C=O) groups is 1. The number of hydrogen-bond donors (Lipinski definition) is 1. The van der Waals surface area contributed by atoms with Crippen molar-refractivity contribution in [2.45, 2.75) is 13.0 Å². The Labute approximate surface area is 149 Å². The van der Waals surface area contributed by atoms with Crippen molar-refractivity contribution in [3.8, 4) is 0 Å². The zero-order valence-corrected chi connectivity index (χ0v) is 14.2. The molecule has 2 heterocycles. The number of rotatable bonds is 4. The van der Waals surface area contributed by atoms with E-state index >= 15 is 0 Å². The van der Waals surface area contributed by atoms with Crippen molar-refractivity contribution < 1.29 is 9.53 Å². The number of nitrogens with zero attached hydrogens (tertiary/aromatic N) is 4. The van der Waals surface area contributed by atoms with Crippen LogP contribution in [0, 0.1) is 0 Å². The van der Waals surface area contributed by atoms with Crippen LogP contribution in [0.1, 0.15) is 11.3 Å². The average Bonchev–Trinajstić information content (AvgIpc) is 3.00. The molecule has 4 rings (SSSR count). The Bertz CT molecular complexity index is 1110. The minimum Gasteiger partial charge on any atom is -0.468 e. The summed E-state index contributed by atoms with van der Waals surface area (Å²) < 4.78 is 6.26. The normalized spacial score (nSPS) is 11.1. The van der Waals surface area contributed by atoms with E-state index in [9.17, 15) is 4.79 Å². The highest BCUT2D eigenvalue weighted by molar-refractivity contribution is 5.90. The lowest BCUT2D eigenvalue weighted by atomic mass is 10.0. The fourth-order valence-electron chi connectivity index (χ4n) is 3.15. The van der Waals surface area contributed by atoms with Gasteiger partial charge in [-0.1, -0.05) is 42.5 Å². The highest BCUT2D eigenvalue weighted by Gasteiger charge is 2.18. The first-order valence-electron chi connectivity index (χ1n) is 8.16. The monoisotopic (exact) mass is 347 g/mol. The lowest BCUT2D eigenvalue weighted by molar-refractivity contribution is -0.141. The first-order valence-corrected chi connectivity index (χ1v) is 8.16. The van der Waals surface area contributed by atoms with Crippen molar-refractivity contribution in [2.24, 2.45) is 0 Å². The van der Waals surface area contributed by atoms with Gasteiger partial charge in [-0.25, -0.2) is 14.6 Å². The van der Waals surface area contributed by atoms with Crippen molar-refractivity contribution in [2.75, 3.05) is 12.8 Å². The van der Waals surface area contributed by atoms with Crippen LogP contribution in [0.5, 0.6) is 0 Å². The van der Waals surface area contributed by atoms with Gasteiger partial charge in [0.25, 0.3) is 0 Å². The lowest BCUT2D eigenvalue weighted by Gasteiger charge is -2.05. The molecule has 2 aromatic heterocycles. The first-order chi connectivity index (χ1) is 12.7. The van der Waals surface area contributed by atoms with Crippen LogP contribution in [-0.2, 0) is 22.5 Å². The number of esters is 1. The number of aromatic nitrogens is 4. The third-order valence-corrected chi connectivity index (χ3v) is 4.38. The molecule has 130 valence electrons.